The molecule has 8 nitrogen and oxygen atoms in total. The number of rotatable bonds is 7. The average Bonchev–Trinajstić information content (AvgIpc) is 3.27. The molecule has 0 radical (unpaired) electrons. The number of methoxy groups -OCH3 is 2. The Morgan fingerprint density at radius 1 is 1.03 bits per heavy atom. The van der Waals surface area contributed by atoms with Gasteiger partial charge >= 0.3 is 5.97 Å². The fourth-order valence-electron chi connectivity index (χ4n) is 4.50. The molecule has 0 spiro atoms. The number of aromatic hydroxyl groups is 1. The van der Waals surface area contributed by atoms with Crippen molar-refractivity contribution in [2.75, 3.05) is 20.8 Å². The average molecular weight is 543 g/mol. The van der Waals surface area contributed by atoms with E-state index in [-0.39, 0.29) is 23.5 Å². The second kappa shape index (κ2) is 11.0. The van der Waals surface area contributed by atoms with Gasteiger partial charge in [0.25, 0.3) is 5.56 Å². The Labute approximate surface area is 228 Å². The lowest BCUT2D eigenvalue weighted by atomic mass is 9.93. The first-order valence-corrected chi connectivity index (χ1v) is 13.1. The summed E-state index contributed by atoms with van der Waals surface area (Å²) in [6.07, 6.45) is 1.74. The van der Waals surface area contributed by atoms with Crippen LogP contribution in [0.15, 0.2) is 88.2 Å². The largest absolute Gasteiger partial charge is 0.508 e. The Morgan fingerprint density at radius 2 is 1.74 bits per heavy atom. The van der Waals surface area contributed by atoms with E-state index in [2.05, 4.69) is 0 Å². The van der Waals surface area contributed by atoms with Crippen LogP contribution in [0.5, 0.6) is 17.2 Å². The second-order valence-electron chi connectivity index (χ2n) is 8.64. The molecule has 5 rings (SSSR count). The first kappa shape index (κ1) is 26.0. The Bertz CT molecular complexity index is 1740. The number of phenolic OH excluding ortho intramolecular Hbond substituents is 1. The molecule has 1 N–H and O–H groups in total. The molecule has 39 heavy (non-hydrogen) atoms. The molecule has 0 amide bonds. The highest BCUT2D eigenvalue weighted by atomic mass is 32.1. The van der Waals surface area contributed by atoms with Gasteiger partial charge in [0, 0.05) is 5.56 Å². The van der Waals surface area contributed by atoms with Gasteiger partial charge in [-0.15, -0.1) is 0 Å². The molecule has 0 saturated heterocycles. The van der Waals surface area contributed by atoms with Gasteiger partial charge in [-0.1, -0.05) is 59.9 Å². The van der Waals surface area contributed by atoms with E-state index in [0.717, 1.165) is 11.1 Å². The summed E-state index contributed by atoms with van der Waals surface area (Å²) in [5, 5.41) is 9.65. The third-order valence-corrected chi connectivity index (χ3v) is 7.27. The van der Waals surface area contributed by atoms with Gasteiger partial charge in [-0.2, -0.15) is 0 Å². The number of nitrogens with zero attached hydrogens (tertiary/aromatic N) is 2. The van der Waals surface area contributed by atoms with Crippen LogP contribution in [0.25, 0.3) is 11.8 Å². The van der Waals surface area contributed by atoms with Crippen molar-refractivity contribution in [1.82, 2.24) is 4.57 Å². The van der Waals surface area contributed by atoms with Gasteiger partial charge in [-0.05, 0) is 48.4 Å². The van der Waals surface area contributed by atoms with Gasteiger partial charge in [-0.25, -0.2) is 9.79 Å². The summed E-state index contributed by atoms with van der Waals surface area (Å²) in [4.78, 5) is 32.7. The first-order chi connectivity index (χ1) is 18.9. The first-order valence-electron chi connectivity index (χ1n) is 12.2. The molecule has 1 aromatic heterocycles. The maximum atomic E-state index is 13.9. The summed E-state index contributed by atoms with van der Waals surface area (Å²) in [5.41, 5.74) is 2.48. The highest BCUT2D eigenvalue weighted by Gasteiger charge is 2.35. The number of carbonyl (C=O) groups is 1. The van der Waals surface area contributed by atoms with Gasteiger partial charge in [0.2, 0.25) is 0 Å². The van der Waals surface area contributed by atoms with E-state index >= 15 is 0 Å². The van der Waals surface area contributed by atoms with E-state index in [4.69, 9.17) is 19.2 Å². The summed E-state index contributed by atoms with van der Waals surface area (Å²) < 4.78 is 18.4. The zero-order valence-corrected chi connectivity index (χ0v) is 22.4. The highest BCUT2D eigenvalue weighted by Crippen LogP contribution is 2.38. The molecule has 0 aliphatic carbocycles. The molecule has 4 aromatic rings. The van der Waals surface area contributed by atoms with Crippen molar-refractivity contribution in [3.05, 3.63) is 115 Å². The van der Waals surface area contributed by atoms with Crippen LogP contribution >= 0.6 is 11.3 Å². The van der Waals surface area contributed by atoms with E-state index in [0.29, 0.717) is 32.1 Å². The number of ether oxygens (including phenoxy) is 3. The number of hydrogen-bond acceptors (Lipinski definition) is 8. The molecule has 198 valence electrons. The van der Waals surface area contributed by atoms with Gasteiger partial charge in [-0.3, -0.25) is 9.36 Å². The smallest absolute Gasteiger partial charge is 0.338 e. The van der Waals surface area contributed by atoms with Crippen molar-refractivity contribution in [3.63, 3.8) is 0 Å². The molecule has 1 aliphatic heterocycles. The van der Waals surface area contributed by atoms with Crippen LogP contribution in [-0.4, -0.2) is 36.5 Å². The minimum absolute atomic E-state index is 0.133. The molecule has 1 aliphatic rings. The second-order valence-corrected chi connectivity index (χ2v) is 9.65. The predicted molar refractivity (Wildman–Crippen MR) is 149 cm³/mol. The van der Waals surface area contributed by atoms with E-state index in [1.165, 1.54) is 23.0 Å². The summed E-state index contributed by atoms with van der Waals surface area (Å²) in [5.74, 6) is 0.551. The molecule has 2 heterocycles. The fraction of sp³-hybridized carbons (Fsp3) is 0.167. The van der Waals surface area contributed by atoms with Crippen molar-refractivity contribution in [3.8, 4) is 17.2 Å². The Balaban J connectivity index is 1.84. The topological polar surface area (TPSA) is 99.4 Å². The molecular weight excluding hydrogens is 516 g/mol. The molecule has 0 bridgehead atoms. The van der Waals surface area contributed by atoms with Crippen molar-refractivity contribution < 1.29 is 24.1 Å². The van der Waals surface area contributed by atoms with Crippen LogP contribution < -0.4 is 24.4 Å². The van der Waals surface area contributed by atoms with Crippen LogP contribution in [0.2, 0.25) is 0 Å². The maximum absolute atomic E-state index is 13.9. The summed E-state index contributed by atoms with van der Waals surface area (Å²) in [7, 11) is 3.07. The van der Waals surface area contributed by atoms with Crippen molar-refractivity contribution in [2.45, 2.75) is 13.0 Å². The SMILES string of the molecule is CCOC(=O)C1=C(c2ccccc2)N=c2s/c(=C\c3ccc(O)cc3)c(=O)n2[C@@H]1c1ccc(OC)c(OC)c1. The lowest BCUT2D eigenvalue weighted by Gasteiger charge is -2.26. The zero-order chi connectivity index (χ0) is 27.5. The molecular formula is C30H26N2O6S. The highest BCUT2D eigenvalue weighted by molar-refractivity contribution is 7.07. The number of hydrogen-bond donors (Lipinski definition) is 1. The number of thiazole rings is 1. The Hall–Kier alpha value is -4.63. The number of aromatic nitrogens is 1. The normalized spacial score (nSPS) is 14.9. The zero-order valence-electron chi connectivity index (χ0n) is 21.6. The van der Waals surface area contributed by atoms with E-state index in [1.807, 2.05) is 30.3 Å². The van der Waals surface area contributed by atoms with Gasteiger partial charge in [0.1, 0.15) is 5.75 Å². The number of fused-ring (bicyclic) bond motifs is 1. The van der Waals surface area contributed by atoms with Crippen molar-refractivity contribution >= 4 is 29.1 Å². The van der Waals surface area contributed by atoms with Crippen molar-refractivity contribution in [1.29, 1.82) is 0 Å². The molecule has 0 unspecified atom stereocenters. The third kappa shape index (κ3) is 4.96. The van der Waals surface area contributed by atoms with Crippen molar-refractivity contribution in [2.24, 2.45) is 4.99 Å². The number of carbonyl (C=O) groups excluding carboxylic acids is 1. The van der Waals surface area contributed by atoms with Crippen LogP contribution in [0, 0.1) is 0 Å². The van der Waals surface area contributed by atoms with Crippen LogP contribution in [0.1, 0.15) is 29.7 Å². The minimum Gasteiger partial charge on any atom is -0.508 e. The molecule has 0 fully saturated rings. The lowest BCUT2D eigenvalue weighted by molar-refractivity contribution is -0.138. The van der Waals surface area contributed by atoms with Crippen LogP contribution in [-0.2, 0) is 9.53 Å². The van der Waals surface area contributed by atoms with E-state index < -0.39 is 12.0 Å². The van der Waals surface area contributed by atoms with E-state index in [1.54, 1.807) is 62.6 Å². The predicted octanol–water partition coefficient (Wildman–Crippen LogP) is 3.66. The van der Waals surface area contributed by atoms with Gasteiger partial charge in [0.15, 0.2) is 16.3 Å². The molecule has 3 aromatic carbocycles. The minimum atomic E-state index is -0.836. The summed E-state index contributed by atoms with van der Waals surface area (Å²) >= 11 is 1.23. The molecule has 9 heteroatoms. The molecule has 1 atom stereocenters. The van der Waals surface area contributed by atoms with Gasteiger partial charge in [0.05, 0.1) is 42.7 Å². The number of phenols is 1. The van der Waals surface area contributed by atoms with Crippen LogP contribution in [0.4, 0.5) is 0 Å². The van der Waals surface area contributed by atoms with Crippen LogP contribution in [0.3, 0.4) is 0 Å². The van der Waals surface area contributed by atoms with E-state index in [9.17, 15) is 14.7 Å². The lowest BCUT2D eigenvalue weighted by Crippen LogP contribution is -2.40. The molecule has 0 saturated carbocycles. The standard InChI is InChI=1S/C30H26N2O6S/c1-4-38-29(35)25-26(19-8-6-5-7-9-19)31-30-32(27(25)20-12-15-22(36-2)23(17-20)37-3)28(34)24(39-30)16-18-10-13-21(33)14-11-18/h5-17,27,33H,4H2,1-3H3/b24-16-/t27-/m1/s1. The fourth-order valence-corrected chi connectivity index (χ4v) is 5.50. The Kier molecular flexibility index (Phi) is 7.33. The summed E-state index contributed by atoms with van der Waals surface area (Å²) in [6.45, 7) is 1.90. The number of esters is 1. The summed E-state index contributed by atoms with van der Waals surface area (Å²) in [6, 6.07) is 20.4. The maximum Gasteiger partial charge on any atom is 0.338 e. The monoisotopic (exact) mass is 542 g/mol. The Morgan fingerprint density at radius 3 is 2.41 bits per heavy atom. The van der Waals surface area contributed by atoms with Gasteiger partial charge < -0.3 is 19.3 Å². The quantitative estimate of drug-likeness (QED) is 0.358. The number of benzene rings is 3. The third-order valence-electron chi connectivity index (χ3n) is 6.29.